The Morgan fingerprint density at radius 1 is 1.07 bits per heavy atom. The number of carboxylic acid groups (broad SMARTS) is 1. The highest BCUT2D eigenvalue weighted by molar-refractivity contribution is 5.95. The molecule has 0 amide bonds. The van der Waals surface area contributed by atoms with Crippen LogP contribution in [0.2, 0.25) is 0 Å². The number of aryl methyl sites for hydroxylation is 1. The van der Waals surface area contributed by atoms with E-state index in [1.54, 1.807) is 12.1 Å². The van der Waals surface area contributed by atoms with Gasteiger partial charge in [0.1, 0.15) is 12.1 Å². The number of carbonyl (C=O) groups is 1. The van der Waals surface area contributed by atoms with Gasteiger partial charge in [0, 0.05) is 28.8 Å². The minimum Gasteiger partial charge on any atom is -0.480 e. The maximum absolute atomic E-state index is 11.9. The molecule has 27 heavy (non-hydrogen) atoms. The van der Waals surface area contributed by atoms with Crippen molar-refractivity contribution < 1.29 is 14.3 Å². The maximum Gasteiger partial charge on any atom is 0.336 e. The van der Waals surface area contributed by atoms with E-state index < -0.39 is 11.6 Å². The Bertz CT molecular complexity index is 986. The van der Waals surface area contributed by atoms with Crippen molar-refractivity contribution in [2.45, 2.75) is 27.7 Å². The lowest BCUT2D eigenvalue weighted by atomic mass is 9.98. The molecule has 3 rings (SSSR count). The highest BCUT2D eigenvalue weighted by Gasteiger charge is 2.10. The SMILES string of the molecule is CC(C)C.Cc1ccccc1-c1cc(=O)oc2cc(NCC(=O)O)ccc12. The Labute approximate surface area is 158 Å². The van der Waals surface area contributed by atoms with Crippen LogP contribution in [-0.2, 0) is 4.79 Å². The van der Waals surface area contributed by atoms with Crippen molar-refractivity contribution in [3.8, 4) is 11.1 Å². The van der Waals surface area contributed by atoms with E-state index in [9.17, 15) is 9.59 Å². The van der Waals surface area contributed by atoms with Crippen molar-refractivity contribution >= 4 is 22.6 Å². The third-order valence-electron chi connectivity index (χ3n) is 3.62. The number of nitrogens with one attached hydrogen (secondary N) is 1. The van der Waals surface area contributed by atoms with Gasteiger partial charge in [0.15, 0.2) is 0 Å². The van der Waals surface area contributed by atoms with E-state index in [0.29, 0.717) is 11.3 Å². The van der Waals surface area contributed by atoms with Gasteiger partial charge >= 0.3 is 11.6 Å². The average molecular weight is 367 g/mol. The first-order chi connectivity index (χ1) is 12.8. The molecule has 0 saturated carbocycles. The predicted octanol–water partition coefficient (Wildman–Crippen LogP) is 4.93. The molecule has 1 heterocycles. The number of fused-ring (bicyclic) bond motifs is 1. The molecule has 2 aromatic carbocycles. The van der Waals surface area contributed by atoms with Gasteiger partial charge in [0.2, 0.25) is 0 Å². The van der Waals surface area contributed by atoms with Crippen LogP contribution in [0.1, 0.15) is 26.3 Å². The van der Waals surface area contributed by atoms with Crippen LogP contribution < -0.4 is 10.9 Å². The molecule has 3 aromatic rings. The Kier molecular flexibility index (Phi) is 6.77. The van der Waals surface area contributed by atoms with E-state index in [0.717, 1.165) is 28.0 Å². The molecule has 0 aliphatic rings. The zero-order valence-corrected chi connectivity index (χ0v) is 16.1. The second kappa shape index (κ2) is 9.03. The number of carboxylic acids is 1. The second-order valence-corrected chi connectivity index (χ2v) is 6.98. The van der Waals surface area contributed by atoms with Crippen LogP contribution >= 0.6 is 0 Å². The van der Waals surface area contributed by atoms with Crippen LogP contribution in [0.5, 0.6) is 0 Å². The fraction of sp³-hybridized carbons (Fsp3) is 0.273. The highest BCUT2D eigenvalue weighted by atomic mass is 16.4. The van der Waals surface area contributed by atoms with Gasteiger partial charge in [-0.3, -0.25) is 4.79 Å². The van der Waals surface area contributed by atoms with E-state index in [4.69, 9.17) is 9.52 Å². The lowest BCUT2D eigenvalue weighted by Crippen LogP contribution is -2.12. The minimum atomic E-state index is -0.958. The van der Waals surface area contributed by atoms with E-state index in [1.807, 2.05) is 37.3 Å². The van der Waals surface area contributed by atoms with Gasteiger partial charge < -0.3 is 14.8 Å². The molecule has 0 atom stereocenters. The molecule has 0 aliphatic carbocycles. The Hall–Kier alpha value is -3.08. The molecule has 2 N–H and O–H groups in total. The van der Waals surface area contributed by atoms with E-state index in [-0.39, 0.29) is 6.54 Å². The van der Waals surface area contributed by atoms with Crippen molar-refractivity contribution in [2.75, 3.05) is 11.9 Å². The van der Waals surface area contributed by atoms with E-state index in [2.05, 4.69) is 26.1 Å². The smallest absolute Gasteiger partial charge is 0.336 e. The van der Waals surface area contributed by atoms with Crippen LogP contribution in [0.25, 0.3) is 22.1 Å². The lowest BCUT2D eigenvalue weighted by Gasteiger charge is -2.10. The molecular weight excluding hydrogens is 342 g/mol. The molecule has 0 aliphatic heterocycles. The Morgan fingerprint density at radius 2 is 1.74 bits per heavy atom. The fourth-order valence-corrected chi connectivity index (χ4v) is 2.55. The molecule has 5 nitrogen and oxygen atoms in total. The first-order valence-corrected chi connectivity index (χ1v) is 8.87. The van der Waals surface area contributed by atoms with Crippen LogP contribution in [0, 0.1) is 12.8 Å². The summed E-state index contributed by atoms with van der Waals surface area (Å²) in [5.74, 6) is -0.125. The third-order valence-corrected chi connectivity index (χ3v) is 3.62. The minimum absolute atomic E-state index is 0.201. The van der Waals surface area contributed by atoms with Gasteiger partial charge in [-0.05, 0) is 36.1 Å². The summed E-state index contributed by atoms with van der Waals surface area (Å²) in [6.07, 6.45) is 0. The van der Waals surface area contributed by atoms with Crippen LogP contribution in [0.4, 0.5) is 5.69 Å². The molecule has 0 radical (unpaired) electrons. The van der Waals surface area contributed by atoms with Crippen molar-refractivity contribution in [3.63, 3.8) is 0 Å². The predicted molar refractivity (Wildman–Crippen MR) is 109 cm³/mol. The second-order valence-electron chi connectivity index (χ2n) is 6.98. The van der Waals surface area contributed by atoms with Gasteiger partial charge in [0.25, 0.3) is 0 Å². The van der Waals surface area contributed by atoms with Crippen molar-refractivity contribution in [3.05, 3.63) is 64.5 Å². The largest absolute Gasteiger partial charge is 0.480 e. The highest BCUT2D eigenvalue weighted by Crippen LogP contribution is 2.30. The molecule has 1 aromatic heterocycles. The molecule has 0 unspecified atom stereocenters. The van der Waals surface area contributed by atoms with Gasteiger partial charge in [-0.2, -0.15) is 0 Å². The van der Waals surface area contributed by atoms with Crippen LogP contribution in [-0.4, -0.2) is 17.6 Å². The van der Waals surface area contributed by atoms with Crippen molar-refractivity contribution in [2.24, 2.45) is 5.92 Å². The maximum atomic E-state index is 11.9. The number of benzene rings is 2. The zero-order chi connectivity index (χ0) is 20.0. The summed E-state index contributed by atoms with van der Waals surface area (Å²) < 4.78 is 5.27. The summed E-state index contributed by atoms with van der Waals surface area (Å²) >= 11 is 0. The standard InChI is InChI=1S/C18H15NO4.C4H10/c1-11-4-2-3-5-13(11)15-9-18(22)23-16-8-12(6-7-14(15)16)19-10-17(20)21;1-4(2)3/h2-9,19H,10H2,1H3,(H,20,21);4H,1-3H3. The summed E-state index contributed by atoms with van der Waals surface area (Å²) in [4.78, 5) is 22.5. The number of aliphatic carboxylic acids is 1. The first-order valence-electron chi connectivity index (χ1n) is 8.87. The average Bonchev–Trinajstić information content (AvgIpc) is 2.59. The number of anilines is 1. The van der Waals surface area contributed by atoms with Gasteiger partial charge in [-0.15, -0.1) is 0 Å². The fourth-order valence-electron chi connectivity index (χ4n) is 2.55. The summed E-state index contributed by atoms with van der Waals surface area (Å²) in [5.41, 5.74) is 3.41. The quantitative estimate of drug-likeness (QED) is 0.639. The van der Waals surface area contributed by atoms with Gasteiger partial charge in [-0.1, -0.05) is 45.0 Å². The monoisotopic (exact) mass is 367 g/mol. The van der Waals surface area contributed by atoms with Crippen LogP contribution in [0.3, 0.4) is 0 Å². The third kappa shape index (κ3) is 5.71. The Morgan fingerprint density at radius 3 is 2.37 bits per heavy atom. The number of hydrogen-bond acceptors (Lipinski definition) is 4. The van der Waals surface area contributed by atoms with Crippen molar-refractivity contribution in [1.82, 2.24) is 0 Å². The van der Waals surface area contributed by atoms with E-state index >= 15 is 0 Å². The molecule has 142 valence electrons. The normalized spacial score (nSPS) is 10.4. The first kappa shape index (κ1) is 20.2. The van der Waals surface area contributed by atoms with Crippen LogP contribution in [0.15, 0.2) is 57.7 Å². The molecule has 0 bridgehead atoms. The number of hydrogen-bond donors (Lipinski definition) is 2. The summed E-state index contributed by atoms with van der Waals surface area (Å²) in [7, 11) is 0. The molecule has 0 saturated heterocycles. The summed E-state index contributed by atoms with van der Waals surface area (Å²) in [6, 6.07) is 14.5. The van der Waals surface area contributed by atoms with Gasteiger partial charge in [0.05, 0.1) is 0 Å². The molecule has 0 fully saturated rings. The molecule has 5 heteroatoms. The zero-order valence-electron chi connectivity index (χ0n) is 16.1. The topological polar surface area (TPSA) is 79.5 Å². The van der Waals surface area contributed by atoms with Crippen molar-refractivity contribution in [1.29, 1.82) is 0 Å². The summed E-state index contributed by atoms with van der Waals surface area (Å²) in [6.45, 7) is 8.28. The molecule has 0 spiro atoms. The van der Waals surface area contributed by atoms with Gasteiger partial charge in [-0.25, -0.2) is 4.79 Å². The Balaban J connectivity index is 0.000000596. The summed E-state index contributed by atoms with van der Waals surface area (Å²) in [5, 5.41) is 12.3. The number of rotatable bonds is 4. The van der Waals surface area contributed by atoms with E-state index in [1.165, 1.54) is 6.07 Å². The molecular formula is C22H25NO4. The lowest BCUT2D eigenvalue weighted by molar-refractivity contribution is -0.134.